The van der Waals surface area contributed by atoms with Crippen LogP contribution in [0, 0.1) is 0 Å². The zero-order valence-electron chi connectivity index (χ0n) is 12.5. The molecule has 0 rings (SSSR count). The Morgan fingerprint density at radius 2 is 1.88 bits per heavy atom. The lowest BCUT2D eigenvalue weighted by atomic mass is 9.96. The van der Waals surface area contributed by atoms with Gasteiger partial charge >= 0.3 is 0 Å². The molecule has 0 aliphatic heterocycles. The minimum absolute atomic E-state index is 0.0253. The monoisotopic (exact) mass is 245 g/mol. The lowest BCUT2D eigenvalue weighted by molar-refractivity contribution is 0.00964. The molecule has 0 saturated carbocycles. The van der Waals surface area contributed by atoms with Gasteiger partial charge in [-0.3, -0.25) is 0 Å². The Morgan fingerprint density at radius 3 is 2.35 bits per heavy atom. The number of hydrogen-bond acceptors (Lipinski definition) is 3. The summed E-state index contributed by atoms with van der Waals surface area (Å²) in [5.74, 6) is 0. The van der Waals surface area contributed by atoms with Crippen LogP contribution in [0.25, 0.3) is 0 Å². The van der Waals surface area contributed by atoms with Gasteiger partial charge in [0.2, 0.25) is 0 Å². The van der Waals surface area contributed by atoms with E-state index in [1.165, 1.54) is 6.42 Å². The van der Waals surface area contributed by atoms with Crippen molar-refractivity contribution in [1.82, 2.24) is 5.32 Å². The van der Waals surface area contributed by atoms with Gasteiger partial charge in [0.05, 0.1) is 11.7 Å². The van der Waals surface area contributed by atoms with Crippen LogP contribution in [0.2, 0.25) is 0 Å². The van der Waals surface area contributed by atoms with Crippen molar-refractivity contribution in [1.29, 1.82) is 0 Å². The van der Waals surface area contributed by atoms with Gasteiger partial charge in [-0.25, -0.2) is 0 Å². The molecule has 1 N–H and O–H groups in total. The molecular weight excluding hydrogens is 214 g/mol. The summed E-state index contributed by atoms with van der Waals surface area (Å²) in [6.45, 7) is 9.69. The molecule has 0 saturated heterocycles. The molecule has 0 bridgehead atoms. The van der Waals surface area contributed by atoms with Crippen molar-refractivity contribution in [3.8, 4) is 0 Å². The second-order valence-corrected chi connectivity index (χ2v) is 5.44. The Kier molecular flexibility index (Phi) is 8.83. The van der Waals surface area contributed by atoms with Gasteiger partial charge in [0, 0.05) is 20.3 Å². The smallest absolute Gasteiger partial charge is 0.0623 e. The predicted molar refractivity (Wildman–Crippen MR) is 73.5 cm³/mol. The maximum absolute atomic E-state index is 5.46. The van der Waals surface area contributed by atoms with Gasteiger partial charge in [-0.1, -0.05) is 6.92 Å². The molecule has 2 unspecified atom stereocenters. The third-order valence-electron chi connectivity index (χ3n) is 3.35. The molecule has 0 aromatic carbocycles. The Labute approximate surface area is 107 Å². The van der Waals surface area contributed by atoms with E-state index in [2.05, 4.69) is 33.0 Å². The first-order valence-electron chi connectivity index (χ1n) is 6.76. The Bertz CT molecular complexity index is 183. The molecule has 2 atom stereocenters. The van der Waals surface area contributed by atoms with Crippen LogP contribution in [0.4, 0.5) is 0 Å². The van der Waals surface area contributed by atoms with Crippen LogP contribution in [0.3, 0.4) is 0 Å². The van der Waals surface area contributed by atoms with E-state index in [-0.39, 0.29) is 5.60 Å². The van der Waals surface area contributed by atoms with Crippen LogP contribution in [0.15, 0.2) is 0 Å². The van der Waals surface area contributed by atoms with E-state index in [1.807, 2.05) is 0 Å². The standard InChI is InChI=1S/C14H31NO2/c1-7-10-15-13(11-12(2)16-5)8-9-14(3,4)17-6/h12-13,15H,7-11H2,1-6H3. The van der Waals surface area contributed by atoms with E-state index in [9.17, 15) is 0 Å². The van der Waals surface area contributed by atoms with Crippen LogP contribution in [0.1, 0.15) is 53.4 Å². The maximum Gasteiger partial charge on any atom is 0.0623 e. The molecule has 0 amide bonds. The van der Waals surface area contributed by atoms with E-state index in [0.717, 1.165) is 25.8 Å². The highest BCUT2D eigenvalue weighted by molar-refractivity contribution is 4.76. The lowest BCUT2D eigenvalue weighted by Crippen LogP contribution is -2.35. The van der Waals surface area contributed by atoms with Crippen molar-refractivity contribution in [3.05, 3.63) is 0 Å². The Morgan fingerprint density at radius 1 is 1.24 bits per heavy atom. The third-order valence-corrected chi connectivity index (χ3v) is 3.35. The molecule has 0 aromatic heterocycles. The fraction of sp³-hybridized carbons (Fsp3) is 1.00. The molecule has 0 aliphatic rings. The number of ether oxygens (including phenoxy) is 2. The number of rotatable bonds is 10. The van der Waals surface area contributed by atoms with Gasteiger partial charge in [0.25, 0.3) is 0 Å². The summed E-state index contributed by atoms with van der Waals surface area (Å²) < 4.78 is 10.8. The van der Waals surface area contributed by atoms with Gasteiger partial charge in [-0.05, 0) is 53.0 Å². The van der Waals surface area contributed by atoms with Gasteiger partial charge in [0.15, 0.2) is 0 Å². The number of hydrogen-bond donors (Lipinski definition) is 1. The van der Waals surface area contributed by atoms with Crippen molar-refractivity contribution in [2.45, 2.75) is 71.1 Å². The first-order valence-corrected chi connectivity index (χ1v) is 6.76. The summed E-state index contributed by atoms with van der Waals surface area (Å²) >= 11 is 0. The van der Waals surface area contributed by atoms with Gasteiger partial charge in [-0.15, -0.1) is 0 Å². The van der Waals surface area contributed by atoms with Crippen LogP contribution >= 0.6 is 0 Å². The van der Waals surface area contributed by atoms with Crippen LogP contribution in [-0.4, -0.2) is 38.5 Å². The average molecular weight is 245 g/mol. The molecule has 3 heteroatoms. The Hall–Kier alpha value is -0.120. The SMILES string of the molecule is CCCNC(CCC(C)(C)OC)CC(C)OC. The van der Waals surface area contributed by atoms with E-state index in [1.54, 1.807) is 14.2 Å². The average Bonchev–Trinajstić information content (AvgIpc) is 2.32. The molecule has 0 fully saturated rings. The fourth-order valence-corrected chi connectivity index (χ4v) is 1.77. The highest BCUT2D eigenvalue weighted by atomic mass is 16.5. The van der Waals surface area contributed by atoms with E-state index >= 15 is 0 Å². The predicted octanol–water partition coefficient (Wildman–Crippen LogP) is 2.98. The minimum Gasteiger partial charge on any atom is -0.382 e. The minimum atomic E-state index is -0.0253. The fourth-order valence-electron chi connectivity index (χ4n) is 1.77. The molecule has 0 aliphatic carbocycles. The summed E-state index contributed by atoms with van der Waals surface area (Å²) in [6.07, 6.45) is 4.76. The zero-order valence-corrected chi connectivity index (χ0v) is 12.5. The number of nitrogens with one attached hydrogen (secondary N) is 1. The van der Waals surface area contributed by atoms with Crippen molar-refractivity contribution >= 4 is 0 Å². The maximum atomic E-state index is 5.46. The molecule has 0 radical (unpaired) electrons. The molecular formula is C14H31NO2. The lowest BCUT2D eigenvalue weighted by Gasteiger charge is -2.27. The van der Waals surface area contributed by atoms with Crippen molar-refractivity contribution in [3.63, 3.8) is 0 Å². The van der Waals surface area contributed by atoms with E-state index in [0.29, 0.717) is 12.1 Å². The zero-order chi connectivity index (χ0) is 13.3. The van der Waals surface area contributed by atoms with Crippen molar-refractivity contribution in [2.24, 2.45) is 0 Å². The van der Waals surface area contributed by atoms with Crippen LogP contribution in [-0.2, 0) is 9.47 Å². The largest absolute Gasteiger partial charge is 0.382 e. The first kappa shape index (κ1) is 16.9. The van der Waals surface area contributed by atoms with E-state index in [4.69, 9.17) is 9.47 Å². The van der Waals surface area contributed by atoms with Gasteiger partial charge < -0.3 is 14.8 Å². The molecule has 0 spiro atoms. The molecule has 104 valence electrons. The normalized spacial score (nSPS) is 15.9. The molecule has 3 nitrogen and oxygen atoms in total. The van der Waals surface area contributed by atoms with E-state index < -0.39 is 0 Å². The molecule has 0 aromatic rings. The molecule has 17 heavy (non-hydrogen) atoms. The summed E-state index contributed by atoms with van der Waals surface area (Å²) in [5.41, 5.74) is -0.0253. The highest BCUT2D eigenvalue weighted by Crippen LogP contribution is 2.18. The number of methoxy groups -OCH3 is 2. The van der Waals surface area contributed by atoms with Gasteiger partial charge in [0.1, 0.15) is 0 Å². The topological polar surface area (TPSA) is 30.5 Å². The van der Waals surface area contributed by atoms with Crippen LogP contribution in [0.5, 0.6) is 0 Å². The second kappa shape index (κ2) is 8.90. The Balaban J connectivity index is 4.09. The highest BCUT2D eigenvalue weighted by Gasteiger charge is 2.20. The third kappa shape index (κ3) is 8.58. The summed E-state index contributed by atoms with van der Waals surface area (Å²) in [5, 5.41) is 3.60. The van der Waals surface area contributed by atoms with Crippen LogP contribution < -0.4 is 5.32 Å². The molecule has 0 heterocycles. The summed E-state index contributed by atoms with van der Waals surface area (Å²) in [4.78, 5) is 0. The first-order chi connectivity index (χ1) is 7.95. The summed E-state index contributed by atoms with van der Waals surface area (Å²) in [6, 6.07) is 0.527. The summed E-state index contributed by atoms with van der Waals surface area (Å²) in [7, 11) is 3.56. The second-order valence-electron chi connectivity index (χ2n) is 5.44. The van der Waals surface area contributed by atoms with Crippen molar-refractivity contribution < 1.29 is 9.47 Å². The van der Waals surface area contributed by atoms with Crippen molar-refractivity contribution in [2.75, 3.05) is 20.8 Å². The quantitative estimate of drug-likeness (QED) is 0.642. The van der Waals surface area contributed by atoms with Gasteiger partial charge in [-0.2, -0.15) is 0 Å².